The van der Waals surface area contributed by atoms with Crippen LogP contribution in [0.5, 0.6) is 5.75 Å². The van der Waals surface area contributed by atoms with Crippen LogP contribution in [0.4, 0.5) is 5.69 Å². The van der Waals surface area contributed by atoms with Crippen LogP contribution >= 0.6 is 24.0 Å². The summed E-state index contributed by atoms with van der Waals surface area (Å²) in [7, 11) is 3.56. The Morgan fingerprint density at radius 2 is 1.80 bits per heavy atom. The van der Waals surface area contributed by atoms with E-state index in [2.05, 4.69) is 32.2 Å². The number of halogens is 1. The van der Waals surface area contributed by atoms with Crippen molar-refractivity contribution in [3.8, 4) is 5.75 Å². The fourth-order valence-corrected chi connectivity index (χ4v) is 3.56. The Labute approximate surface area is 198 Å². The molecule has 170 valence electrons. The molecule has 1 aliphatic heterocycles. The second kappa shape index (κ2) is 15.1. The number of aliphatic imine (C=N–C) groups is 1. The summed E-state index contributed by atoms with van der Waals surface area (Å²) in [6.07, 6.45) is 4.66. The molecule has 1 N–H and O–H groups in total. The molecule has 0 bridgehead atoms. The van der Waals surface area contributed by atoms with E-state index in [1.165, 1.54) is 0 Å². The molecule has 0 saturated carbocycles. The molecule has 1 aliphatic rings. The van der Waals surface area contributed by atoms with E-state index >= 15 is 0 Å². The third kappa shape index (κ3) is 8.57. The maximum absolute atomic E-state index is 11.3. The highest BCUT2D eigenvalue weighted by Gasteiger charge is 2.21. The van der Waals surface area contributed by atoms with Gasteiger partial charge in [-0.3, -0.25) is 9.79 Å². The standard InChI is InChI=1S/C22H36N4O3.HI/c1-4-29-21(27)13-7-5-6-10-14-24-22(23-2)26-17-15-25(16-18-26)19-11-8-9-12-20(19)28-3;/h8-9,11-12H,4-7,10,13-18H2,1-3H3,(H,23,24);1H. The molecule has 30 heavy (non-hydrogen) atoms. The van der Waals surface area contributed by atoms with Gasteiger partial charge in [-0.1, -0.05) is 25.0 Å². The molecular formula is C22H37IN4O3. The maximum atomic E-state index is 11.3. The lowest BCUT2D eigenvalue weighted by molar-refractivity contribution is -0.143. The molecule has 1 saturated heterocycles. The van der Waals surface area contributed by atoms with E-state index in [9.17, 15) is 4.79 Å². The number of rotatable bonds is 10. The van der Waals surface area contributed by atoms with Crippen molar-refractivity contribution in [1.82, 2.24) is 10.2 Å². The average molecular weight is 532 g/mol. The van der Waals surface area contributed by atoms with Crippen LogP contribution < -0.4 is 15.0 Å². The van der Waals surface area contributed by atoms with E-state index in [0.29, 0.717) is 13.0 Å². The molecule has 8 heteroatoms. The SMILES string of the molecule is CCOC(=O)CCCCCCNC(=NC)N1CCN(c2ccccc2OC)CC1.I. The summed E-state index contributed by atoms with van der Waals surface area (Å²) < 4.78 is 10.4. The summed E-state index contributed by atoms with van der Waals surface area (Å²) in [4.78, 5) is 20.4. The van der Waals surface area contributed by atoms with Crippen LogP contribution in [-0.2, 0) is 9.53 Å². The molecule has 1 aromatic carbocycles. The number of hydrogen-bond donors (Lipinski definition) is 1. The van der Waals surface area contributed by atoms with Crippen molar-refractivity contribution in [2.75, 3.05) is 58.4 Å². The molecule has 1 aromatic rings. The predicted octanol–water partition coefficient (Wildman–Crippen LogP) is 3.52. The zero-order chi connectivity index (χ0) is 20.9. The van der Waals surface area contributed by atoms with Gasteiger partial charge in [-0.2, -0.15) is 0 Å². The average Bonchev–Trinajstić information content (AvgIpc) is 2.76. The molecule has 7 nitrogen and oxygen atoms in total. The van der Waals surface area contributed by atoms with Gasteiger partial charge in [-0.25, -0.2) is 0 Å². The van der Waals surface area contributed by atoms with Crippen LogP contribution in [0.15, 0.2) is 29.3 Å². The Morgan fingerprint density at radius 3 is 2.47 bits per heavy atom. The summed E-state index contributed by atoms with van der Waals surface area (Å²) in [6.45, 7) is 6.95. The van der Waals surface area contributed by atoms with Gasteiger partial charge in [0.2, 0.25) is 0 Å². The lowest BCUT2D eigenvalue weighted by Crippen LogP contribution is -2.52. The fraction of sp³-hybridized carbons (Fsp3) is 0.636. The molecule has 0 aliphatic carbocycles. The highest BCUT2D eigenvalue weighted by molar-refractivity contribution is 14.0. The van der Waals surface area contributed by atoms with Gasteiger partial charge < -0.3 is 24.6 Å². The van der Waals surface area contributed by atoms with Crippen LogP contribution in [0.2, 0.25) is 0 Å². The lowest BCUT2D eigenvalue weighted by atomic mass is 10.1. The van der Waals surface area contributed by atoms with Crippen molar-refractivity contribution in [2.45, 2.75) is 39.0 Å². The molecule has 0 spiro atoms. The normalized spacial score (nSPS) is 14.2. The molecule has 0 aromatic heterocycles. The first-order valence-corrected chi connectivity index (χ1v) is 10.7. The minimum absolute atomic E-state index is 0. The molecule has 1 heterocycles. The Kier molecular flexibility index (Phi) is 13.3. The molecule has 0 radical (unpaired) electrons. The van der Waals surface area contributed by atoms with Crippen LogP contribution in [-0.4, -0.2) is 70.3 Å². The molecular weight excluding hydrogens is 495 g/mol. The number of piperazine rings is 1. The van der Waals surface area contributed by atoms with E-state index in [1.54, 1.807) is 7.11 Å². The Balaban J connectivity index is 0.00000450. The van der Waals surface area contributed by atoms with Crippen LogP contribution in [0.25, 0.3) is 0 Å². The number of nitrogens with zero attached hydrogens (tertiary/aromatic N) is 3. The van der Waals surface area contributed by atoms with E-state index in [1.807, 2.05) is 26.1 Å². The maximum Gasteiger partial charge on any atom is 0.305 e. The van der Waals surface area contributed by atoms with Gasteiger partial charge in [0.25, 0.3) is 0 Å². The molecule has 2 rings (SSSR count). The van der Waals surface area contributed by atoms with E-state index in [4.69, 9.17) is 9.47 Å². The second-order valence-electron chi connectivity index (χ2n) is 7.09. The fourth-order valence-electron chi connectivity index (χ4n) is 3.56. The van der Waals surface area contributed by atoms with Gasteiger partial charge in [0.05, 0.1) is 19.4 Å². The first-order valence-electron chi connectivity index (χ1n) is 10.7. The van der Waals surface area contributed by atoms with Crippen LogP contribution in [0.1, 0.15) is 39.0 Å². The number of nitrogens with one attached hydrogen (secondary N) is 1. The topological polar surface area (TPSA) is 66.4 Å². The van der Waals surface area contributed by atoms with Gasteiger partial charge in [0.15, 0.2) is 5.96 Å². The number of esters is 1. The monoisotopic (exact) mass is 532 g/mol. The number of hydrogen-bond acceptors (Lipinski definition) is 5. The van der Waals surface area contributed by atoms with Crippen LogP contribution in [0, 0.1) is 0 Å². The minimum atomic E-state index is -0.0849. The van der Waals surface area contributed by atoms with E-state index in [0.717, 1.165) is 75.8 Å². The van der Waals surface area contributed by atoms with Crippen molar-refractivity contribution in [1.29, 1.82) is 0 Å². The number of unbranched alkanes of at least 4 members (excludes halogenated alkanes) is 3. The summed E-state index contributed by atoms with van der Waals surface area (Å²) in [5, 5.41) is 3.48. The van der Waals surface area contributed by atoms with Crippen molar-refractivity contribution < 1.29 is 14.3 Å². The molecule has 0 atom stereocenters. The van der Waals surface area contributed by atoms with Crippen molar-refractivity contribution in [2.24, 2.45) is 4.99 Å². The van der Waals surface area contributed by atoms with E-state index < -0.39 is 0 Å². The van der Waals surface area contributed by atoms with Crippen molar-refractivity contribution in [3.63, 3.8) is 0 Å². The number of anilines is 1. The molecule has 1 fully saturated rings. The van der Waals surface area contributed by atoms with Gasteiger partial charge >= 0.3 is 5.97 Å². The summed E-state index contributed by atoms with van der Waals surface area (Å²) in [5.74, 6) is 1.81. The van der Waals surface area contributed by atoms with Gasteiger partial charge in [0, 0.05) is 46.2 Å². The zero-order valence-corrected chi connectivity index (χ0v) is 20.9. The summed E-state index contributed by atoms with van der Waals surface area (Å²) in [5.41, 5.74) is 1.15. The van der Waals surface area contributed by atoms with Gasteiger partial charge in [-0.15, -0.1) is 24.0 Å². The van der Waals surface area contributed by atoms with Gasteiger partial charge in [0.1, 0.15) is 5.75 Å². The molecule has 0 amide bonds. The number of guanidine groups is 1. The second-order valence-corrected chi connectivity index (χ2v) is 7.09. The van der Waals surface area contributed by atoms with Gasteiger partial charge in [-0.05, 0) is 31.9 Å². The smallest absolute Gasteiger partial charge is 0.305 e. The number of ether oxygens (including phenoxy) is 2. The number of carbonyl (C=O) groups is 1. The number of methoxy groups -OCH3 is 1. The third-order valence-corrected chi connectivity index (χ3v) is 5.11. The predicted molar refractivity (Wildman–Crippen MR) is 133 cm³/mol. The summed E-state index contributed by atoms with van der Waals surface area (Å²) >= 11 is 0. The van der Waals surface area contributed by atoms with Crippen LogP contribution in [0.3, 0.4) is 0 Å². The number of para-hydroxylation sites is 2. The Hall–Kier alpha value is -1.71. The highest BCUT2D eigenvalue weighted by atomic mass is 127. The Bertz CT molecular complexity index is 649. The highest BCUT2D eigenvalue weighted by Crippen LogP contribution is 2.28. The quantitative estimate of drug-likeness (QED) is 0.164. The largest absolute Gasteiger partial charge is 0.495 e. The van der Waals surface area contributed by atoms with Crippen molar-refractivity contribution in [3.05, 3.63) is 24.3 Å². The number of benzene rings is 1. The Morgan fingerprint density at radius 1 is 1.10 bits per heavy atom. The minimum Gasteiger partial charge on any atom is -0.495 e. The lowest BCUT2D eigenvalue weighted by Gasteiger charge is -2.38. The third-order valence-electron chi connectivity index (χ3n) is 5.11. The number of carbonyl (C=O) groups excluding carboxylic acids is 1. The molecule has 0 unspecified atom stereocenters. The van der Waals surface area contributed by atoms with Crippen molar-refractivity contribution >= 4 is 41.6 Å². The zero-order valence-electron chi connectivity index (χ0n) is 18.6. The first-order chi connectivity index (χ1) is 14.2. The first kappa shape index (κ1) is 26.3. The van der Waals surface area contributed by atoms with E-state index in [-0.39, 0.29) is 29.9 Å². The summed E-state index contributed by atoms with van der Waals surface area (Å²) in [6, 6.07) is 8.18.